The van der Waals surface area contributed by atoms with E-state index in [0.717, 1.165) is 18.6 Å². The first-order chi connectivity index (χ1) is 13.4. The molecule has 0 bridgehead atoms. The summed E-state index contributed by atoms with van der Waals surface area (Å²) in [5, 5.41) is 9.70. The minimum Gasteiger partial charge on any atom is -0.489 e. The zero-order valence-corrected chi connectivity index (χ0v) is 18.2. The van der Waals surface area contributed by atoms with Crippen LogP contribution in [0.25, 0.3) is 0 Å². The Morgan fingerprint density at radius 3 is 2.43 bits per heavy atom. The fourth-order valence-corrected chi connectivity index (χ4v) is 3.55. The predicted molar refractivity (Wildman–Crippen MR) is 119 cm³/mol. The molecule has 0 radical (unpaired) electrons. The Hall–Kier alpha value is -1.80. The van der Waals surface area contributed by atoms with E-state index >= 15 is 0 Å². The average molecular weight is 383 g/mol. The molecular weight excluding hydrogens is 344 g/mol. The van der Waals surface area contributed by atoms with Crippen LogP contribution in [0.5, 0.6) is 5.75 Å². The van der Waals surface area contributed by atoms with Gasteiger partial charge in [-0.2, -0.15) is 0 Å². The summed E-state index contributed by atoms with van der Waals surface area (Å²) in [6.07, 6.45) is 7.65. The highest BCUT2D eigenvalue weighted by molar-refractivity contribution is 5.40. The van der Waals surface area contributed by atoms with Crippen molar-refractivity contribution in [2.24, 2.45) is 0 Å². The lowest BCUT2D eigenvalue weighted by molar-refractivity contribution is 0.184. The number of aliphatic hydroxyl groups is 1. The molecule has 0 saturated carbocycles. The molecule has 0 amide bonds. The van der Waals surface area contributed by atoms with Crippen LogP contribution < -0.4 is 4.74 Å². The number of aryl methyl sites for hydroxylation is 1. The van der Waals surface area contributed by atoms with Crippen molar-refractivity contribution in [3.05, 3.63) is 65.2 Å². The van der Waals surface area contributed by atoms with Crippen LogP contribution in [0.1, 0.15) is 82.9 Å². The minimum atomic E-state index is -0.295. The largest absolute Gasteiger partial charge is 0.489 e. The summed E-state index contributed by atoms with van der Waals surface area (Å²) in [7, 11) is 0. The van der Waals surface area contributed by atoms with Gasteiger partial charge in [0.15, 0.2) is 0 Å². The van der Waals surface area contributed by atoms with Crippen molar-refractivity contribution in [3.63, 3.8) is 0 Å². The number of ether oxygens (including phenoxy) is 1. The van der Waals surface area contributed by atoms with Crippen molar-refractivity contribution in [1.82, 2.24) is 0 Å². The van der Waals surface area contributed by atoms with Gasteiger partial charge in [-0.3, -0.25) is 0 Å². The van der Waals surface area contributed by atoms with Gasteiger partial charge in [0.2, 0.25) is 0 Å². The Bertz CT molecular complexity index is 689. The Morgan fingerprint density at radius 2 is 1.75 bits per heavy atom. The highest BCUT2D eigenvalue weighted by Gasteiger charge is 2.21. The Kier molecular flexibility index (Phi) is 9.05. The van der Waals surface area contributed by atoms with Gasteiger partial charge in [0, 0.05) is 0 Å². The van der Waals surface area contributed by atoms with Gasteiger partial charge >= 0.3 is 0 Å². The minimum absolute atomic E-state index is 0.140. The summed E-state index contributed by atoms with van der Waals surface area (Å²) in [6, 6.07) is 17.0. The topological polar surface area (TPSA) is 29.5 Å². The number of hydrogen-bond acceptors (Lipinski definition) is 2. The van der Waals surface area contributed by atoms with Gasteiger partial charge in [-0.25, -0.2) is 0 Å². The lowest BCUT2D eigenvalue weighted by Crippen LogP contribution is -2.17. The maximum Gasteiger partial charge on any atom is 0.123 e. The van der Waals surface area contributed by atoms with E-state index in [0.29, 0.717) is 6.61 Å². The molecule has 0 saturated heterocycles. The van der Waals surface area contributed by atoms with Gasteiger partial charge in [0.1, 0.15) is 12.4 Å². The van der Waals surface area contributed by atoms with Crippen molar-refractivity contribution in [3.8, 4) is 5.75 Å². The van der Waals surface area contributed by atoms with Crippen molar-refractivity contribution in [1.29, 1.82) is 0 Å². The third kappa shape index (κ3) is 7.31. The Morgan fingerprint density at radius 1 is 1.00 bits per heavy atom. The van der Waals surface area contributed by atoms with Crippen molar-refractivity contribution in [2.75, 3.05) is 0 Å². The molecular formula is C26H38O2. The molecule has 0 aromatic heterocycles. The molecule has 2 nitrogen and oxygen atoms in total. The smallest absolute Gasteiger partial charge is 0.123 e. The van der Waals surface area contributed by atoms with Gasteiger partial charge in [-0.1, -0.05) is 88.9 Å². The summed E-state index contributed by atoms with van der Waals surface area (Å²) in [5.74, 6) is 0.962. The van der Waals surface area contributed by atoms with Crippen LogP contribution in [0.15, 0.2) is 48.5 Å². The summed E-state index contributed by atoms with van der Waals surface area (Å²) in [6.45, 7) is 9.35. The third-order valence-corrected chi connectivity index (χ3v) is 5.57. The Labute approximate surface area is 172 Å². The van der Waals surface area contributed by atoms with Crippen LogP contribution >= 0.6 is 0 Å². The number of rotatable bonds is 12. The van der Waals surface area contributed by atoms with E-state index in [1.54, 1.807) is 0 Å². The number of benzene rings is 2. The quantitative estimate of drug-likeness (QED) is 0.408. The lowest BCUT2D eigenvalue weighted by atomic mass is 9.79. The molecule has 28 heavy (non-hydrogen) atoms. The van der Waals surface area contributed by atoms with E-state index in [1.807, 2.05) is 25.1 Å². The van der Waals surface area contributed by atoms with Crippen molar-refractivity contribution >= 4 is 0 Å². The maximum absolute atomic E-state index is 9.70. The first-order valence-corrected chi connectivity index (χ1v) is 10.9. The molecule has 1 N–H and O–H groups in total. The second kappa shape index (κ2) is 11.3. The van der Waals surface area contributed by atoms with Crippen LogP contribution in [-0.2, 0) is 18.4 Å². The molecule has 0 aliphatic carbocycles. The molecule has 154 valence electrons. The van der Waals surface area contributed by atoms with Crippen LogP contribution in [-0.4, -0.2) is 11.2 Å². The van der Waals surface area contributed by atoms with Gasteiger partial charge in [-0.15, -0.1) is 0 Å². The second-order valence-corrected chi connectivity index (χ2v) is 8.68. The van der Waals surface area contributed by atoms with Gasteiger partial charge in [0.25, 0.3) is 0 Å². The average Bonchev–Trinajstić information content (AvgIpc) is 2.69. The molecule has 2 heteroatoms. The first kappa shape index (κ1) is 22.5. The van der Waals surface area contributed by atoms with E-state index in [-0.39, 0.29) is 11.5 Å². The van der Waals surface area contributed by atoms with E-state index < -0.39 is 0 Å². The van der Waals surface area contributed by atoms with E-state index in [9.17, 15) is 5.11 Å². The SMILES string of the molecule is CCCCCCC(C)(C)c1ccc(CCC(C)O)c(OCc2ccccc2)c1. The molecule has 0 spiro atoms. The molecule has 2 aromatic rings. The van der Waals surface area contributed by atoms with E-state index in [1.165, 1.54) is 48.8 Å². The molecule has 0 heterocycles. The lowest BCUT2D eigenvalue weighted by Gasteiger charge is -2.27. The summed E-state index contributed by atoms with van der Waals surface area (Å²) in [4.78, 5) is 0. The van der Waals surface area contributed by atoms with Crippen LogP contribution in [0.2, 0.25) is 0 Å². The summed E-state index contributed by atoms with van der Waals surface area (Å²) >= 11 is 0. The third-order valence-electron chi connectivity index (χ3n) is 5.57. The number of aliphatic hydroxyl groups excluding tert-OH is 1. The molecule has 2 aromatic carbocycles. The van der Waals surface area contributed by atoms with Gasteiger partial charge in [-0.05, 0) is 54.4 Å². The van der Waals surface area contributed by atoms with Crippen LogP contribution in [0, 0.1) is 0 Å². The number of hydrogen-bond donors (Lipinski definition) is 1. The van der Waals surface area contributed by atoms with Crippen molar-refractivity contribution < 1.29 is 9.84 Å². The van der Waals surface area contributed by atoms with Crippen molar-refractivity contribution in [2.45, 2.75) is 90.8 Å². The summed E-state index contributed by atoms with van der Waals surface area (Å²) in [5.41, 5.74) is 3.84. The zero-order chi connectivity index (χ0) is 20.4. The van der Waals surface area contributed by atoms with E-state index in [2.05, 4.69) is 51.1 Å². The zero-order valence-electron chi connectivity index (χ0n) is 18.2. The van der Waals surface area contributed by atoms with E-state index in [4.69, 9.17) is 4.74 Å². The molecule has 1 unspecified atom stereocenters. The van der Waals surface area contributed by atoms with Gasteiger partial charge < -0.3 is 9.84 Å². The van der Waals surface area contributed by atoms with Gasteiger partial charge in [0.05, 0.1) is 6.10 Å². The normalized spacial score (nSPS) is 12.8. The standard InChI is InChI=1S/C26H38O2/c1-5-6-7-11-18-26(3,4)24-17-16-23(15-14-21(2)27)25(19-24)28-20-22-12-9-8-10-13-22/h8-10,12-13,16-17,19,21,27H,5-7,11,14-15,18,20H2,1-4H3. The molecule has 0 aliphatic heterocycles. The monoisotopic (exact) mass is 382 g/mol. The maximum atomic E-state index is 9.70. The van der Waals surface area contributed by atoms with Crippen LogP contribution in [0.4, 0.5) is 0 Å². The fraction of sp³-hybridized carbons (Fsp3) is 0.538. The summed E-state index contributed by atoms with van der Waals surface area (Å²) < 4.78 is 6.25. The molecule has 1 atom stereocenters. The second-order valence-electron chi connectivity index (χ2n) is 8.68. The Balaban J connectivity index is 2.15. The highest BCUT2D eigenvalue weighted by atomic mass is 16.5. The highest BCUT2D eigenvalue weighted by Crippen LogP contribution is 2.34. The predicted octanol–water partition coefficient (Wildman–Crippen LogP) is 6.83. The van der Waals surface area contributed by atoms with Crippen LogP contribution in [0.3, 0.4) is 0 Å². The molecule has 0 aliphatic rings. The fourth-order valence-electron chi connectivity index (χ4n) is 3.55. The molecule has 2 rings (SSSR count). The first-order valence-electron chi connectivity index (χ1n) is 10.9. The number of unbranched alkanes of at least 4 members (excludes halogenated alkanes) is 3. The molecule has 0 fully saturated rings.